The zero-order valence-electron chi connectivity index (χ0n) is 10.3. The van der Waals surface area contributed by atoms with Crippen molar-refractivity contribution in [3.63, 3.8) is 0 Å². The largest absolute Gasteiger partial charge is 0.287 e. The molecule has 0 unspecified atom stereocenters. The predicted octanol–water partition coefficient (Wildman–Crippen LogP) is 4.82. The molecular weight excluding hydrogens is 487 g/mol. The van der Waals surface area contributed by atoms with E-state index in [4.69, 9.17) is 0 Å². The van der Waals surface area contributed by atoms with Gasteiger partial charge in [-0.15, -0.1) is 0 Å². The van der Waals surface area contributed by atoms with Crippen LogP contribution in [0.3, 0.4) is 0 Å². The molecule has 0 bridgehead atoms. The number of rotatable bonds is 3. The Balaban J connectivity index is 2.56. The molecule has 0 saturated heterocycles. The van der Waals surface area contributed by atoms with Crippen molar-refractivity contribution in [3.8, 4) is 0 Å². The van der Waals surface area contributed by atoms with Crippen molar-refractivity contribution in [1.82, 2.24) is 9.78 Å². The number of halogens is 3. The fourth-order valence-electron chi connectivity index (χ4n) is 1.74. The molecule has 0 radical (unpaired) electrons. The van der Waals surface area contributed by atoms with Crippen LogP contribution in [0.4, 0.5) is 0 Å². The molecule has 100 valence electrons. The van der Waals surface area contributed by atoms with Crippen LogP contribution in [0.25, 0.3) is 0 Å². The number of hydrogen-bond acceptors (Lipinski definition) is 2. The summed E-state index contributed by atoms with van der Waals surface area (Å²) in [6, 6.07) is 5.85. The smallest absolute Gasteiger partial charge is 0.213 e. The molecule has 19 heavy (non-hydrogen) atoms. The van der Waals surface area contributed by atoms with Gasteiger partial charge in [-0.05, 0) is 70.6 Å². The van der Waals surface area contributed by atoms with Gasteiger partial charge in [-0.25, -0.2) is 0 Å². The van der Waals surface area contributed by atoms with Crippen molar-refractivity contribution in [1.29, 1.82) is 0 Å². The van der Waals surface area contributed by atoms with Gasteiger partial charge < -0.3 is 0 Å². The van der Waals surface area contributed by atoms with Crippen LogP contribution in [0, 0.1) is 3.57 Å². The lowest BCUT2D eigenvalue weighted by Crippen LogP contribution is -2.14. The molecule has 0 fully saturated rings. The van der Waals surface area contributed by atoms with E-state index in [9.17, 15) is 4.79 Å². The zero-order valence-corrected chi connectivity index (χ0v) is 15.7. The molecule has 0 atom stereocenters. The average Bonchev–Trinajstić information content (AvgIpc) is 2.73. The number of benzene rings is 1. The van der Waals surface area contributed by atoms with Crippen LogP contribution in [-0.2, 0) is 0 Å². The van der Waals surface area contributed by atoms with Gasteiger partial charge in [0.1, 0.15) is 5.69 Å². The molecule has 0 N–H and O–H groups in total. The van der Waals surface area contributed by atoms with E-state index >= 15 is 0 Å². The Morgan fingerprint density at radius 3 is 2.63 bits per heavy atom. The van der Waals surface area contributed by atoms with Crippen LogP contribution in [0.15, 0.2) is 33.3 Å². The lowest BCUT2D eigenvalue weighted by molar-refractivity contribution is 0.102. The van der Waals surface area contributed by atoms with E-state index < -0.39 is 0 Å². The van der Waals surface area contributed by atoms with Crippen LogP contribution in [0.1, 0.15) is 35.9 Å². The average molecular weight is 498 g/mol. The topological polar surface area (TPSA) is 34.9 Å². The summed E-state index contributed by atoms with van der Waals surface area (Å²) in [4.78, 5) is 12.7. The number of carbonyl (C=O) groups is 1. The number of ketones is 1. The first-order valence-electron chi connectivity index (χ1n) is 5.64. The minimum atomic E-state index is -0.0385. The lowest BCUT2D eigenvalue weighted by Gasteiger charge is -2.11. The molecule has 0 aliphatic rings. The second-order valence-electron chi connectivity index (χ2n) is 4.33. The lowest BCUT2D eigenvalue weighted by atomic mass is 10.1. The summed E-state index contributed by atoms with van der Waals surface area (Å²) in [5.74, 6) is -0.0385. The summed E-state index contributed by atoms with van der Waals surface area (Å²) in [6.07, 6.45) is 1.66. The van der Waals surface area contributed by atoms with E-state index in [1.54, 1.807) is 10.9 Å². The molecule has 0 spiro atoms. The molecule has 1 heterocycles. The third kappa shape index (κ3) is 3.11. The van der Waals surface area contributed by atoms with E-state index in [1.165, 1.54) is 0 Å². The fraction of sp³-hybridized carbons (Fsp3) is 0.231. The Kier molecular flexibility index (Phi) is 4.84. The Morgan fingerprint density at radius 2 is 2.00 bits per heavy atom. The van der Waals surface area contributed by atoms with Crippen molar-refractivity contribution in [3.05, 3.63) is 48.2 Å². The third-order valence-electron chi connectivity index (χ3n) is 2.63. The number of hydrogen-bond donors (Lipinski definition) is 0. The van der Waals surface area contributed by atoms with Gasteiger partial charge in [0.05, 0.1) is 10.7 Å². The Morgan fingerprint density at radius 1 is 1.32 bits per heavy atom. The standard InChI is InChI=1S/C13H11Br2IN2O/c1-7(2)18-12(11(15)6-17-18)13(19)9-5-8(16)3-4-10(9)14/h3-7H,1-2H3. The zero-order chi connectivity index (χ0) is 14.2. The van der Waals surface area contributed by atoms with Gasteiger partial charge in [0.25, 0.3) is 0 Å². The second-order valence-corrected chi connectivity index (χ2v) is 7.29. The van der Waals surface area contributed by atoms with Crippen molar-refractivity contribution in [2.75, 3.05) is 0 Å². The highest BCUT2D eigenvalue weighted by Crippen LogP contribution is 2.27. The Labute approximate surface area is 142 Å². The first kappa shape index (κ1) is 15.2. The SMILES string of the molecule is CC(C)n1ncc(Br)c1C(=O)c1cc(I)ccc1Br. The minimum Gasteiger partial charge on any atom is -0.287 e. The summed E-state index contributed by atoms with van der Waals surface area (Å²) < 4.78 is 4.27. The highest BCUT2D eigenvalue weighted by Gasteiger charge is 2.22. The van der Waals surface area contributed by atoms with Gasteiger partial charge >= 0.3 is 0 Å². The van der Waals surface area contributed by atoms with Crippen molar-refractivity contribution in [2.45, 2.75) is 19.9 Å². The summed E-state index contributed by atoms with van der Waals surface area (Å²) in [5.41, 5.74) is 1.23. The first-order valence-corrected chi connectivity index (χ1v) is 8.31. The number of nitrogens with zero attached hydrogens (tertiary/aromatic N) is 2. The quantitative estimate of drug-likeness (QED) is 0.450. The van der Waals surface area contributed by atoms with Gasteiger partial charge in [-0.1, -0.05) is 15.9 Å². The van der Waals surface area contributed by atoms with Crippen LogP contribution in [0.2, 0.25) is 0 Å². The Hall–Kier alpha value is -0.210. The monoisotopic (exact) mass is 496 g/mol. The molecule has 0 amide bonds. The molecule has 1 aromatic heterocycles. The molecule has 2 rings (SSSR count). The maximum atomic E-state index is 12.7. The summed E-state index contributed by atoms with van der Waals surface area (Å²) in [7, 11) is 0. The van der Waals surface area contributed by atoms with Gasteiger partial charge in [-0.2, -0.15) is 5.10 Å². The van der Waals surface area contributed by atoms with E-state index in [-0.39, 0.29) is 11.8 Å². The highest BCUT2D eigenvalue weighted by molar-refractivity contribution is 14.1. The fourth-order valence-corrected chi connectivity index (χ4v) is 3.12. The molecular formula is C13H11Br2IN2O. The molecule has 2 aromatic rings. The molecule has 6 heteroatoms. The van der Waals surface area contributed by atoms with Crippen molar-refractivity contribution < 1.29 is 4.79 Å². The first-order chi connectivity index (χ1) is 8.91. The van der Waals surface area contributed by atoms with Gasteiger partial charge in [0.15, 0.2) is 0 Å². The Bertz CT molecular complexity index is 638. The van der Waals surface area contributed by atoms with Gasteiger partial charge in [0, 0.05) is 19.6 Å². The summed E-state index contributed by atoms with van der Waals surface area (Å²) >= 11 is 9.04. The number of aromatic nitrogens is 2. The molecule has 3 nitrogen and oxygen atoms in total. The van der Waals surface area contributed by atoms with E-state index in [0.717, 1.165) is 12.5 Å². The van der Waals surface area contributed by atoms with Gasteiger partial charge in [0.2, 0.25) is 5.78 Å². The van der Waals surface area contributed by atoms with E-state index in [2.05, 4.69) is 59.5 Å². The summed E-state index contributed by atoms with van der Waals surface area (Å²) in [6.45, 7) is 4.00. The molecule has 1 aromatic carbocycles. The number of carbonyl (C=O) groups excluding carboxylic acids is 1. The van der Waals surface area contributed by atoms with Crippen molar-refractivity contribution >= 4 is 60.2 Å². The van der Waals surface area contributed by atoms with E-state index in [0.29, 0.717) is 11.3 Å². The maximum Gasteiger partial charge on any atom is 0.213 e. The maximum absolute atomic E-state index is 12.7. The third-order valence-corrected chi connectivity index (χ3v) is 4.57. The minimum absolute atomic E-state index is 0.0385. The van der Waals surface area contributed by atoms with Crippen LogP contribution < -0.4 is 0 Å². The molecule has 0 aliphatic carbocycles. The van der Waals surface area contributed by atoms with E-state index in [1.807, 2.05) is 32.0 Å². The predicted molar refractivity (Wildman–Crippen MR) is 90.6 cm³/mol. The van der Waals surface area contributed by atoms with Crippen LogP contribution in [0.5, 0.6) is 0 Å². The van der Waals surface area contributed by atoms with Crippen molar-refractivity contribution in [2.24, 2.45) is 0 Å². The normalized spacial score (nSPS) is 11.1. The van der Waals surface area contributed by atoms with Crippen LogP contribution >= 0.6 is 54.5 Å². The molecule has 0 aliphatic heterocycles. The molecule has 0 saturated carbocycles. The summed E-state index contributed by atoms with van der Waals surface area (Å²) in [5, 5.41) is 4.25. The van der Waals surface area contributed by atoms with Crippen LogP contribution in [-0.4, -0.2) is 15.6 Å². The second kappa shape index (κ2) is 6.05. The van der Waals surface area contributed by atoms with Gasteiger partial charge in [-0.3, -0.25) is 9.48 Å². The highest BCUT2D eigenvalue weighted by atomic mass is 127.